The Kier molecular flexibility index (Phi) is 3.25. The van der Waals surface area contributed by atoms with Crippen LogP contribution in [0.4, 0.5) is 10.2 Å². The van der Waals surface area contributed by atoms with Crippen molar-refractivity contribution in [3.63, 3.8) is 0 Å². The van der Waals surface area contributed by atoms with Crippen LogP contribution in [-0.2, 0) is 7.05 Å². The standard InChI is InChI=1S/C15H15FN4S/c1-8-14(21-9(2)18-8)13-12(15(17)20(3)19-13)10-4-6-11(16)7-5-10/h4-7H,17H2,1-3H3. The van der Waals surface area contributed by atoms with Crippen LogP contribution >= 0.6 is 11.3 Å². The maximum Gasteiger partial charge on any atom is 0.129 e. The third-order valence-electron chi connectivity index (χ3n) is 3.34. The van der Waals surface area contributed by atoms with Crippen molar-refractivity contribution in [1.82, 2.24) is 14.8 Å². The minimum absolute atomic E-state index is 0.271. The first-order valence-electron chi connectivity index (χ1n) is 6.50. The summed E-state index contributed by atoms with van der Waals surface area (Å²) < 4.78 is 14.8. The van der Waals surface area contributed by atoms with Gasteiger partial charge in [-0.2, -0.15) is 5.10 Å². The molecule has 6 heteroatoms. The number of nitrogen functional groups attached to an aromatic ring is 1. The number of nitrogens with zero attached hydrogens (tertiary/aromatic N) is 3. The molecule has 0 unspecified atom stereocenters. The van der Waals surface area contributed by atoms with E-state index in [9.17, 15) is 4.39 Å². The average Bonchev–Trinajstić information content (AvgIpc) is 2.92. The number of anilines is 1. The van der Waals surface area contributed by atoms with Crippen LogP contribution in [0.2, 0.25) is 0 Å². The Bertz CT molecular complexity index is 802. The molecule has 108 valence electrons. The van der Waals surface area contributed by atoms with E-state index >= 15 is 0 Å². The second-order valence-corrected chi connectivity index (χ2v) is 6.09. The maximum atomic E-state index is 13.1. The number of nitrogens with two attached hydrogens (primary N) is 1. The number of halogens is 1. The summed E-state index contributed by atoms with van der Waals surface area (Å²) >= 11 is 1.58. The summed E-state index contributed by atoms with van der Waals surface area (Å²) in [6, 6.07) is 6.29. The van der Waals surface area contributed by atoms with Gasteiger partial charge in [0.05, 0.1) is 21.1 Å². The largest absolute Gasteiger partial charge is 0.383 e. The summed E-state index contributed by atoms with van der Waals surface area (Å²) in [5.74, 6) is 0.287. The van der Waals surface area contributed by atoms with Crippen LogP contribution in [0.25, 0.3) is 21.7 Å². The van der Waals surface area contributed by atoms with Crippen LogP contribution in [0.5, 0.6) is 0 Å². The van der Waals surface area contributed by atoms with Gasteiger partial charge in [0.1, 0.15) is 17.3 Å². The molecule has 0 saturated heterocycles. The number of hydrogen-bond acceptors (Lipinski definition) is 4. The van der Waals surface area contributed by atoms with E-state index in [-0.39, 0.29) is 5.82 Å². The van der Waals surface area contributed by atoms with E-state index in [0.717, 1.165) is 32.4 Å². The van der Waals surface area contributed by atoms with Gasteiger partial charge in [-0.3, -0.25) is 4.68 Å². The molecule has 0 amide bonds. The minimum atomic E-state index is -0.271. The lowest BCUT2D eigenvalue weighted by atomic mass is 10.0. The van der Waals surface area contributed by atoms with Gasteiger partial charge in [-0.15, -0.1) is 11.3 Å². The lowest BCUT2D eigenvalue weighted by Crippen LogP contribution is -1.97. The van der Waals surface area contributed by atoms with Crippen LogP contribution in [-0.4, -0.2) is 14.8 Å². The molecule has 0 bridgehead atoms. The number of benzene rings is 1. The van der Waals surface area contributed by atoms with Gasteiger partial charge in [0.2, 0.25) is 0 Å². The van der Waals surface area contributed by atoms with E-state index < -0.39 is 0 Å². The maximum absolute atomic E-state index is 13.1. The Labute approximate surface area is 126 Å². The molecule has 0 radical (unpaired) electrons. The molecule has 0 atom stereocenters. The van der Waals surface area contributed by atoms with Gasteiger partial charge in [0, 0.05) is 7.05 Å². The Balaban J connectivity index is 2.25. The Morgan fingerprint density at radius 3 is 2.43 bits per heavy atom. The van der Waals surface area contributed by atoms with E-state index in [1.165, 1.54) is 12.1 Å². The molecule has 2 N–H and O–H groups in total. The molecule has 3 rings (SSSR count). The van der Waals surface area contributed by atoms with Crippen molar-refractivity contribution in [2.45, 2.75) is 13.8 Å². The van der Waals surface area contributed by atoms with Crippen LogP contribution in [0.15, 0.2) is 24.3 Å². The topological polar surface area (TPSA) is 56.7 Å². The van der Waals surface area contributed by atoms with E-state index in [4.69, 9.17) is 5.73 Å². The molecular formula is C15H15FN4S. The van der Waals surface area contributed by atoms with Crippen LogP contribution in [0, 0.1) is 19.7 Å². The fraction of sp³-hybridized carbons (Fsp3) is 0.200. The molecule has 0 saturated carbocycles. The third-order valence-corrected chi connectivity index (χ3v) is 4.42. The molecule has 1 aromatic carbocycles. The summed E-state index contributed by atoms with van der Waals surface area (Å²) in [4.78, 5) is 5.44. The van der Waals surface area contributed by atoms with E-state index in [1.807, 2.05) is 13.8 Å². The molecule has 0 fully saturated rings. The minimum Gasteiger partial charge on any atom is -0.383 e. The SMILES string of the molecule is Cc1nc(C)c(-c2nn(C)c(N)c2-c2ccc(F)cc2)s1. The number of aryl methyl sites for hydroxylation is 3. The molecule has 3 aromatic rings. The van der Waals surface area contributed by atoms with Crippen molar-refractivity contribution in [3.05, 3.63) is 40.8 Å². The smallest absolute Gasteiger partial charge is 0.129 e. The van der Waals surface area contributed by atoms with E-state index in [0.29, 0.717) is 5.82 Å². The first kappa shape index (κ1) is 13.8. The van der Waals surface area contributed by atoms with Gasteiger partial charge in [-0.1, -0.05) is 12.1 Å². The zero-order chi connectivity index (χ0) is 15.1. The van der Waals surface area contributed by atoms with Gasteiger partial charge < -0.3 is 5.73 Å². The van der Waals surface area contributed by atoms with Crippen molar-refractivity contribution in [1.29, 1.82) is 0 Å². The van der Waals surface area contributed by atoms with E-state index in [2.05, 4.69) is 10.1 Å². The van der Waals surface area contributed by atoms with Crippen molar-refractivity contribution in [3.8, 4) is 21.7 Å². The van der Waals surface area contributed by atoms with Crippen molar-refractivity contribution in [2.24, 2.45) is 7.05 Å². The highest BCUT2D eigenvalue weighted by atomic mass is 32.1. The Hall–Kier alpha value is -2.21. The first-order chi connectivity index (χ1) is 9.97. The molecule has 0 aliphatic heterocycles. The third kappa shape index (κ3) is 2.31. The number of rotatable bonds is 2. The second kappa shape index (κ2) is 4.96. The van der Waals surface area contributed by atoms with Crippen LogP contribution < -0.4 is 5.73 Å². The summed E-state index contributed by atoms with van der Waals surface area (Å²) in [6.45, 7) is 3.92. The van der Waals surface area contributed by atoms with Gasteiger partial charge in [0.25, 0.3) is 0 Å². The molecule has 0 spiro atoms. The summed E-state index contributed by atoms with van der Waals surface area (Å²) in [5, 5.41) is 5.50. The summed E-state index contributed by atoms with van der Waals surface area (Å²) in [6.07, 6.45) is 0. The Morgan fingerprint density at radius 1 is 1.19 bits per heavy atom. The number of hydrogen-bond donors (Lipinski definition) is 1. The molecule has 4 nitrogen and oxygen atoms in total. The zero-order valence-electron chi connectivity index (χ0n) is 12.0. The quantitative estimate of drug-likeness (QED) is 0.787. The molecule has 2 aromatic heterocycles. The summed E-state index contributed by atoms with van der Waals surface area (Å²) in [7, 11) is 1.80. The van der Waals surface area contributed by atoms with Gasteiger partial charge in [-0.25, -0.2) is 9.37 Å². The molecule has 0 aliphatic rings. The fourth-order valence-corrected chi connectivity index (χ4v) is 3.26. The van der Waals surface area contributed by atoms with E-state index in [1.54, 1.807) is 35.2 Å². The van der Waals surface area contributed by atoms with Gasteiger partial charge in [0.15, 0.2) is 0 Å². The second-order valence-electron chi connectivity index (χ2n) is 4.89. The van der Waals surface area contributed by atoms with Crippen LogP contribution in [0.3, 0.4) is 0 Å². The number of thiazole rings is 1. The lowest BCUT2D eigenvalue weighted by molar-refractivity contribution is 0.628. The van der Waals surface area contributed by atoms with Crippen LogP contribution in [0.1, 0.15) is 10.7 Å². The monoisotopic (exact) mass is 302 g/mol. The van der Waals surface area contributed by atoms with Gasteiger partial charge in [-0.05, 0) is 31.5 Å². The Morgan fingerprint density at radius 2 is 1.86 bits per heavy atom. The molecular weight excluding hydrogens is 287 g/mol. The van der Waals surface area contributed by atoms with Crippen molar-refractivity contribution in [2.75, 3.05) is 5.73 Å². The predicted molar refractivity (Wildman–Crippen MR) is 83.6 cm³/mol. The highest BCUT2D eigenvalue weighted by Crippen LogP contribution is 2.39. The normalized spacial score (nSPS) is 11.0. The average molecular weight is 302 g/mol. The number of aromatic nitrogens is 3. The first-order valence-corrected chi connectivity index (χ1v) is 7.32. The van der Waals surface area contributed by atoms with Crippen molar-refractivity contribution >= 4 is 17.2 Å². The summed E-state index contributed by atoms with van der Waals surface area (Å²) in [5.41, 5.74) is 9.56. The molecule has 0 aliphatic carbocycles. The molecule has 21 heavy (non-hydrogen) atoms. The van der Waals surface area contributed by atoms with Crippen molar-refractivity contribution < 1.29 is 4.39 Å². The highest BCUT2D eigenvalue weighted by molar-refractivity contribution is 7.15. The lowest BCUT2D eigenvalue weighted by Gasteiger charge is -2.03. The van der Waals surface area contributed by atoms with Gasteiger partial charge >= 0.3 is 0 Å². The fourth-order valence-electron chi connectivity index (χ4n) is 2.35. The highest BCUT2D eigenvalue weighted by Gasteiger charge is 2.20. The molecule has 2 heterocycles. The predicted octanol–water partition coefficient (Wildman–Crippen LogP) is 3.55. The zero-order valence-corrected chi connectivity index (χ0v) is 12.8.